The lowest BCUT2D eigenvalue weighted by Crippen LogP contribution is -2.14. The zero-order chi connectivity index (χ0) is 21.6. The van der Waals surface area contributed by atoms with Crippen LogP contribution in [0.3, 0.4) is 0 Å². The van der Waals surface area contributed by atoms with E-state index in [0.717, 1.165) is 5.56 Å². The molecule has 0 aliphatic carbocycles. The first-order valence-electron chi connectivity index (χ1n) is 8.65. The van der Waals surface area contributed by atoms with Gasteiger partial charge in [0.2, 0.25) is 0 Å². The number of aliphatic hydroxyl groups is 1. The number of hydrogen-bond donors (Lipinski definition) is 2. The van der Waals surface area contributed by atoms with Crippen LogP contribution in [0.15, 0.2) is 64.1 Å². The molecule has 1 amide bonds. The van der Waals surface area contributed by atoms with Crippen molar-refractivity contribution < 1.29 is 24.2 Å². The second-order valence-corrected chi connectivity index (χ2v) is 6.23. The van der Waals surface area contributed by atoms with E-state index in [-0.39, 0.29) is 28.5 Å². The number of ketones is 1. The molecular weight excluding hydrogens is 374 g/mol. The smallest absolute Gasteiger partial charge is 0.340 e. The lowest BCUT2D eigenvalue weighted by Gasteiger charge is -2.07. The molecule has 2 aromatic rings. The Kier molecular flexibility index (Phi) is 6.97. The summed E-state index contributed by atoms with van der Waals surface area (Å²) in [4.78, 5) is 36.1. The Bertz CT molecular complexity index is 1000. The number of carbonyl (C=O) groups is 3. The van der Waals surface area contributed by atoms with Gasteiger partial charge in [0, 0.05) is 11.3 Å². The number of esters is 1. The van der Waals surface area contributed by atoms with Crippen molar-refractivity contribution in [2.45, 2.75) is 20.8 Å². The number of Topliss-reactive ketones (excluding diaryl/α,β-unsaturated/α-hetero) is 1. The average Bonchev–Trinajstić information content (AvgIpc) is 2.68. The number of methoxy groups -OCH3 is 1. The van der Waals surface area contributed by atoms with E-state index in [1.165, 1.54) is 39.2 Å². The summed E-state index contributed by atoms with van der Waals surface area (Å²) in [5.74, 6) is -1.95. The van der Waals surface area contributed by atoms with Crippen molar-refractivity contribution in [1.82, 2.24) is 0 Å². The quantitative estimate of drug-likeness (QED) is 0.246. The minimum Gasteiger partial charge on any atom is -0.510 e. The fourth-order valence-corrected chi connectivity index (χ4v) is 2.33. The summed E-state index contributed by atoms with van der Waals surface area (Å²) in [5.41, 5.74) is 1.61. The van der Waals surface area contributed by atoms with Crippen LogP contribution in [-0.4, -0.2) is 29.9 Å². The molecule has 0 bridgehead atoms. The summed E-state index contributed by atoms with van der Waals surface area (Å²) in [5, 5.41) is 20.2. The van der Waals surface area contributed by atoms with E-state index in [4.69, 9.17) is 4.74 Å². The van der Waals surface area contributed by atoms with Gasteiger partial charge in [0.1, 0.15) is 11.4 Å². The molecular formula is C21H21N3O5. The Morgan fingerprint density at radius 3 is 2.24 bits per heavy atom. The first-order valence-corrected chi connectivity index (χ1v) is 8.65. The van der Waals surface area contributed by atoms with Crippen LogP contribution in [0.4, 0.5) is 11.4 Å². The largest absolute Gasteiger partial charge is 0.510 e. The molecule has 0 spiro atoms. The van der Waals surface area contributed by atoms with E-state index < -0.39 is 11.9 Å². The molecule has 2 aromatic carbocycles. The second-order valence-electron chi connectivity index (χ2n) is 6.23. The number of azo groups is 1. The third-order valence-corrected chi connectivity index (χ3v) is 3.93. The van der Waals surface area contributed by atoms with Crippen LogP contribution in [0.2, 0.25) is 0 Å². The molecule has 0 saturated carbocycles. The first kappa shape index (κ1) is 21.5. The normalized spacial score (nSPS) is 11.7. The first-order chi connectivity index (χ1) is 13.7. The number of anilines is 1. The van der Waals surface area contributed by atoms with E-state index in [9.17, 15) is 19.5 Å². The topological polar surface area (TPSA) is 117 Å². The Morgan fingerprint density at radius 2 is 1.69 bits per heavy atom. The highest BCUT2D eigenvalue weighted by Crippen LogP contribution is 2.24. The molecule has 0 unspecified atom stereocenters. The van der Waals surface area contributed by atoms with Crippen LogP contribution >= 0.6 is 0 Å². The van der Waals surface area contributed by atoms with Gasteiger partial charge in [0.25, 0.3) is 5.91 Å². The summed E-state index contributed by atoms with van der Waals surface area (Å²) in [6, 6.07) is 11.3. The Balaban J connectivity index is 2.37. The molecule has 0 radical (unpaired) electrons. The SMILES string of the molecule is COC(=O)c1ccc(C(C)=O)cc1N=N/C(C(=O)Nc1ccc(C)cc1)=C(\C)O. The lowest BCUT2D eigenvalue weighted by atomic mass is 10.1. The van der Waals surface area contributed by atoms with Crippen molar-refractivity contribution >= 4 is 29.0 Å². The van der Waals surface area contributed by atoms with Gasteiger partial charge in [-0.25, -0.2) is 4.79 Å². The molecule has 0 atom stereocenters. The van der Waals surface area contributed by atoms with Crippen molar-refractivity contribution in [2.24, 2.45) is 10.2 Å². The maximum atomic E-state index is 12.5. The van der Waals surface area contributed by atoms with Crippen molar-refractivity contribution in [3.8, 4) is 0 Å². The summed E-state index contributed by atoms with van der Waals surface area (Å²) in [6.45, 7) is 4.57. The number of hydrogen-bond acceptors (Lipinski definition) is 7. The van der Waals surface area contributed by atoms with Crippen molar-refractivity contribution in [3.63, 3.8) is 0 Å². The second kappa shape index (κ2) is 9.41. The number of allylic oxidation sites excluding steroid dienone is 1. The van der Waals surface area contributed by atoms with Crippen molar-refractivity contribution in [2.75, 3.05) is 12.4 Å². The highest BCUT2D eigenvalue weighted by Gasteiger charge is 2.17. The number of aliphatic hydroxyl groups excluding tert-OH is 1. The highest BCUT2D eigenvalue weighted by molar-refractivity contribution is 6.04. The van der Waals surface area contributed by atoms with Gasteiger partial charge in [-0.15, -0.1) is 10.2 Å². The maximum absolute atomic E-state index is 12.5. The average molecular weight is 395 g/mol. The van der Waals surface area contributed by atoms with Crippen molar-refractivity contribution in [1.29, 1.82) is 0 Å². The zero-order valence-electron chi connectivity index (χ0n) is 16.5. The summed E-state index contributed by atoms with van der Waals surface area (Å²) < 4.78 is 4.70. The summed E-state index contributed by atoms with van der Waals surface area (Å²) >= 11 is 0. The molecule has 0 saturated heterocycles. The van der Waals surface area contributed by atoms with E-state index >= 15 is 0 Å². The minimum absolute atomic E-state index is 0.0337. The predicted molar refractivity (Wildman–Crippen MR) is 107 cm³/mol. The lowest BCUT2D eigenvalue weighted by molar-refractivity contribution is -0.113. The van der Waals surface area contributed by atoms with Gasteiger partial charge in [0.05, 0.1) is 12.7 Å². The molecule has 0 aliphatic rings. The number of ether oxygens (including phenoxy) is 1. The number of benzene rings is 2. The van der Waals surface area contributed by atoms with Gasteiger partial charge in [-0.05, 0) is 45.0 Å². The number of rotatable bonds is 6. The third kappa shape index (κ3) is 5.58. The zero-order valence-corrected chi connectivity index (χ0v) is 16.5. The third-order valence-electron chi connectivity index (χ3n) is 3.93. The Labute approximate surface area is 167 Å². The number of carbonyl (C=O) groups excluding carboxylic acids is 3. The van der Waals surface area contributed by atoms with Crippen LogP contribution in [0.25, 0.3) is 0 Å². The van der Waals surface area contributed by atoms with Crippen LogP contribution in [-0.2, 0) is 9.53 Å². The van der Waals surface area contributed by atoms with Crippen molar-refractivity contribution in [3.05, 3.63) is 70.6 Å². The molecule has 0 aliphatic heterocycles. The van der Waals surface area contributed by atoms with E-state index in [0.29, 0.717) is 11.3 Å². The highest BCUT2D eigenvalue weighted by atomic mass is 16.5. The molecule has 29 heavy (non-hydrogen) atoms. The number of nitrogens with zero attached hydrogens (tertiary/aromatic N) is 2. The van der Waals surface area contributed by atoms with E-state index in [1.54, 1.807) is 12.1 Å². The van der Waals surface area contributed by atoms with Gasteiger partial charge in [-0.3, -0.25) is 9.59 Å². The number of nitrogens with one attached hydrogen (secondary N) is 1. The van der Waals surface area contributed by atoms with Gasteiger partial charge in [0.15, 0.2) is 11.5 Å². The number of aryl methyl sites for hydroxylation is 1. The molecule has 0 aromatic heterocycles. The molecule has 150 valence electrons. The molecule has 8 heteroatoms. The Hall–Kier alpha value is -3.81. The molecule has 8 nitrogen and oxygen atoms in total. The standard InChI is InChI=1S/C21H21N3O5/c1-12-5-8-16(9-6-12)22-20(27)19(14(3)26)24-23-18-11-15(13(2)25)7-10-17(18)21(28)29-4/h5-11,26H,1-4H3,(H,22,27)/b19-14+,24-23?. The Morgan fingerprint density at radius 1 is 1.03 bits per heavy atom. The van der Waals surface area contributed by atoms with Gasteiger partial charge in [-0.2, -0.15) is 0 Å². The molecule has 2 N–H and O–H groups in total. The summed E-state index contributed by atoms with van der Waals surface area (Å²) in [7, 11) is 1.21. The molecule has 2 rings (SSSR count). The fourth-order valence-electron chi connectivity index (χ4n) is 2.33. The van der Waals surface area contributed by atoms with E-state index in [1.807, 2.05) is 19.1 Å². The van der Waals surface area contributed by atoms with Gasteiger partial charge >= 0.3 is 5.97 Å². The van der Waals surface area contributed by atoms with Gasteiger partial charge in [-0.1, -0.05) is 23.8 Å². The van der Waals surface area contributed by atoms with E-state index in [2.05, 4.69) is 15.5 Å². The monoisotopic (exact) mass is 395 g/mol. The predicted octanol–water partition coefficient (Wildman–Crippen LogP) is 4.50. The maximum Gasteiger partial charge on any atom is 0.340 e. The fraction of sp³-hybridized carbons (Fsp3) is 0.190. The molecule has 0 fully saturated rings. The van der Waals surface area contributed by atoms with Crippen LogP contribution in [0.1, 0.15) is 40.1 Å². The summed E-state index contributed by atoms with van der Waals surface area (Å²) in [6.07, 6.45) is 0. The van der Waals surface area contributed by atoms with Gasteiger partial charge < -0.3 is 15.2 Å². The van der Waals surface area contributed by atoms with Crippen LogP contribution in [0.5, 0.6) is 0 Å². The minimum atomic E-state index is -0.681. The molecule has 0 heterocycles. The number of amides is 1. The van der Waals surface area contributed by atoms with Crippen LogP contribution < -0.4 is 5.32 Å². The van der Waals surface area contributed by atoms with Crippen LogP contribution in [0, 0.1) is 6.92 Å².